The van der Waals surface area contributed by atoms with Crippen LogP contribution in [0.2, 0.25) is 0 Å². The molecule has 1 fully saturated rings. The molecule has 0 aromatic carbocycles. The van der Waals surface area contributed by atoms with Crippen LogP contribution in [0.3, 0.4) is 0 Å². The molecule has 0 aliphatic carbocycles. The van der Waals surface area contributed by atoms with Crippen LogP contribution in [0.15, 0.2) is 0 Å². The van der Waals surface area contributed by atoms with E-state index in [9.17, 15) is 4.79 Å². The molecule has 0 bridgehead atoms. The van der Waals surface area contributed by atoms with Gasteiger partial charge in [0.2, 0.25) is 5.91 Å². The van der Waals surface area contributed by atoms with Gasteiger partial charge in [0.05, 0.1) is 0 Å². The predicted molar refractivity (Wildman–Crippen MR) is 71.1 cm³/mol. The van der Waals surface area contributed by atoms with E-state index in [0.29, 0.717) is 18.4 Å². The third-order valence-corrected chi connectivity index (χ3v) is 3.19. The fourth-order valence-corrected chi connectivity index (χ4v) is 2.08. The minimum Gasteiger partial charge on any atom is -0.341 e. The van der Waals surface area contributed by atoms with Gasteiger partial charge in [-0.15, -0.1) is 0 Å². The van der Waals surface area contributed by atoms with Crippen LogP contribution < -0.4 is 5.32 Å². The molecule has 1 rings (SSSR count). The molecule has 1 aliphatic heterocycles. The van der Waals surface area contributed by atoms with Gasteiger partial charge >= 0.3 is 0 Å². The number of rotatable bonds is 5. The maximum atomic E-state index is 12.0. The fourth-order valence-electron chi connectivity index (χ4n) is 2.08. The number of carbonyl (C=O) groups excluding carboxylic acids is 1. The Kier molecular flexibility index (Phi) is 6.52. The van der Waals surface area contributed by atoms with Crippen molar-refractivity contribution in [2.75, 3.05) is 39.8 Å². The van der Waals surface area contributed by atoms with Crippen molar-refractivity contribution in [2.45, 2.75) is 39.2 Å². The molecule has 1 saturated heterocycles. The van der Waals surface area contributed by atoms with Crippen LogP contribution in [0.1, 0.15) is 33.1 Å². The average Bonchev–Trinajstić information content (AvgIpc) is 2.49. The van der Waals surface area contributed by atoms with E-state index in [2.05, 4.69) is 31.1 Å². The highest BCUT2D eigenvalue weighted by Crippen LogP contribution is 2.04. The van der Waals surface area contributed by atoms with Crippen molar-refractivity contribution in [3.05, 3.63) is 0 Å². The van der Waals surface area contributed by atoms with Crippen LogP contribution in [-0.2, 0) is 4.79 Å². The van der Waals surface area contributed by atoms with E-state index in [0.717, 1.165) is 45.6 Å². The first-order valence-corrected chi connectivity index (χ1v) is 6.79. The van der Waals surface area contributed by atoms with Crippen molar-refractivity contribution in [3.8, 4) is 0 Å². The molecule has 4 heteroatoms. The average molecular weight is 241 g/mol. The summed E-state index contributed by atoms with van der Waals surface area (Å²) in [5.41, 5.74) is 0. The third kappa shape index (κ3) is 6.03. The summed E-state index contributed by atoms with van der Waals surface area (Å²) in [6.45, 7) is 9.15. The second kappa shape index (κ2) is 7.67. The topological polar surface area (TPSA) is 35.6 Å². The SMILES string of the molecule is CC(C)NCCCC(=O)N1CCCN(C)CC1. The summed E-state index contributed by atoms with van der Waals surface area (Å²) >= 11 is 0. The highest BCUT2D eigenvalue weighted by molar-refractivity contribution is 5.76. The van der Waals surface area contributed by atoms with Crippen LogP contribution in [0.5, 0.6) is 0 Å². The lowest BCUT2D eigenvalue weighted by Crippen LogP contribution is -2.35. The molecule has 1 heterocycles. The Morgan fingerprint density at radius 1 is 1.24 bits per heavy atom. The Morgan fingerprint density at radius 2 is 2.00 bits per heavy atom. The summed E-state index contributed by atoms with van der Waals surface area (Å²) in [5, 5.41) is 3.34. The largest absolute Gasteiger partial charge is 0.341 e. The first-order chi connectivity index (χ1) is 8.09. The molecule has 0 unspecified atom stereocenters. The van der Waals surface area contributed by atoms with E-state index >= 15 is 0 Å². The maximum absolute atomic E-state index is 12.0. The number of carbonyl (C=O) groups is 1. The van der Waals surface area contributed by atoms with Crippen molar-refractivity contribution in [2.24, 2.45) is 0 Å². The van der Waals surface area contributed by atoms with Crippen molar-refractivity contribution >= 4 is 5.91 Å². The van der Waals surface area contributed by atoms with Crippen molar-refractivity contribution in [1.82, 2.24) is 15.1 Å². The number of hydrogen-bond acceptors (Lipinski definition) is 3. The molecule has 0 radical (unpaired) electrons. The highest BCUT2D eigenvalue weighted by atomic mass is 16.2. The molecule has 0 atom stereocenters. The van der Waals surface area contributed by atoms with E-state index in [4.69, 9.17) is 0 Å². The molecule has 17 heavy (non-hydrogen) atoms. The van der Waals surface area contributed by atoms with Crippen LogP contribution in [0.25, 0.3) is 0 Å². The Bertz CT molecular complexity index is 231. The number of hydrogen-bond donors (Lipinski definition) is 1. The molecule has 1 aliphatic rings. The zero-order chi connectivity index (χ0) is 12.7. The quantitative estimate of drug-likeness (QED) is 0.727. The highest BCUT2D eigenvalue weighted by Gasteiger charge is 2.16. The Labute approximate surface area is 105 Å². The van der Waals surface area contributed by atoms with Crippen LogP contribution in [0, 0.1) is 0 Å². The first kappa shape index (κ1) is 14.5. The lowest BCUT2D eigenvalue weighted by molar-refractivity contribution is -0.131. The number of likely N-dealkylation sites (N-methyl/N-ethyl adjacent to an activating group) is 1. The molecule has 4 nitrogen and oxygen atoms in total. The summed E-state index contributed by atoms with van der Waals surface area (Å²) in [6, 6.07) is 0.511. The first-order valence-electron chi connectivity index (χ1n) is 6.79. The Morgan fingerprint density at radius 3 is 2.71 bits per heavy atom. The molecule has 1 amide bonds. The van der Waals surface area contributed by atoms with Crippen molar-refractivity contribution in [3.63, 3.8) is 0 Å². The Balaban J connectivity index is 2.18. The number of nitrogens with zero attached hydrogens (tertiary/aromatic N) is 2. The van der Waals surface area contributed by atoms with E-state index in [1.165, 1.54) is 0 Å². The van der Waals surface area contributed by atoms with Gasteiger partial charge in [-0.25, -0.2) is 0 Å². The van der Waals surface area contributed by atoms with Crippen LogP contribution in [0.4, 0.5) is 0 Å². The monoisotopic (exact) mass is 241 g/mol. The lowest BCUT2D eigenvalue weighted by Gasteiger charge is -2.20. The van der Waals surface area contributed by atoms with E-state index in [1.807, 2.05) is 4.90 Å². The zero-order valence-corrected chi connectivity index (χ0v) is 11.5. The van der Waals surface area contributed by atoms with E-state index < -0.39 is 0 Å². The standard InChI is InChI=1S/C13H27N3O/c1-12(2)14-7-4-6-13(17)16-9-5-8-15(3)10-11-16/h12,14H,4-11H2,1-3H3. The molecular weight excluding hydrogens is 214 g/mol. The second-order valence-corrected chi connectivity index (χ2v) is 5.25. The summed E-state index contributed by atoms with van der Waals surface area (Å²) in [6.07, 6.45) is 2.74. The second-order valence-electron chi connectivity index (χ2n) is 5.25. The van der Waals surface area contributed by atoms with E-state index in [-0.39, 0.29) is 0 Å². The molecule has 0 aromatic heterocycles. The molecular formula is C13H27N3O. The van der Waals surface area contributed by atoms with E-state index in [1.54, 1.807) is 0 Å². The van der Waals surface area contributed by atoms with Gasteiger partial charge < -0.3 is 15.1 Å². The summed E-state index contributed by atoms with van der Waals surface area (Å²) in [7, 11) is 2.13. The third-order valence-electron chi connectivity index (χ3n) is 3.19. The van der Waals surface area contributed by atoms with Gasteiger partial charge in [0.1, 0.15) is 0 Å². The minimum absolute atomic E-state index is 0.325. The van der Waals surface area contributed by atoms with Gasteiger partial charge in [-0.3, -0.25) is 4.79 Å². The van der Waals surface area contributed by atoms with Crippen LogP contribution >= 0.6 is 0 Å². The number of amides is 1. The molecule has 0 spiro atoms. The van der Waals surface area contributed by atoms with Gasteiger partial charge in [-0.1, -0.05) is 13.8 Å². The maximum Gasteiger partial charge on any atom is 0.222 e. The van der Waals surface area contributed by atoms with Crippen LogP contribution in [-0.4, -0.2) is 61.5 Å². The fraction of sp³-hybridized carbons (Fsp3) is 0.923. The summed E-state index contributed by atoms with van der Waals surface area (Å²) in [5.74, 6) is 0.325. The molecule has 0 aromatic rings. The van der Waals surface area contributed by atoms with Gasteiger partial charge in [-0.2, -0.15) is 0 Å². The molecule has 1 N–H and O–H groups in total. The van der Waals surface area contributed by atoms with Crippen molar-refractivity contribution in [1.29, 1.82) is 0 Å². The predicted octanol–water partition coefficient (Wildman–Crippen LogP) is 0.929. The smallest absolute Gasteiger partial charge is 0.222 e. The normalized spacial score (nSPS) is 18.5. The number of nitrogens with one attached hydrogen (secondary N) is 1. The zero-order valence-electron chi connectivity index (χ0n) is 11.5. The minimum atomic E-state index is 0.325. The van der Waals surface area contributed by atoms with Crippen molar-refractivity contribution < 1.29 is 4.79 Å². The van der Waals surface area contributed by atoms with Gasteiger partial charge in [-0.05, 0) is 33.0 Å². The van der Waals surface area contributed by atoms with Gasteiger partial charge in [0, 0.05) is 32.1 Å². The van der Waals surface area contributed by atoms with Gasteiger partial charge in [0.25, 0.3) is 0 Å². The van der Waals surface area contributed by atoms with Gasteiger partial charge in [0.15, 0.2) is 0 Å². The molecule has 0 saturated carbocycles. The Hall–Kier alpha value is -0.610. The summed E-state index contributed by atoms with van der Waals surface area (Å²) < 4.78 is 0. The molecule has 100 valence electrons. The lowest BCUT2D eigenvalue weighted by atomic mass is 10.2. The summed E-state index contributed by atoms with van der Waals surface area (Å²) in [4.78, 5) is 16.3.